The summed E-state index contributed by atoms with van der Waals surface area (Å²) in [5.74, 6) is 2.36. The van der Waals surface area contributed by atoms with Crippen molar-refractivity contribution in [2.45, 2.75) is 25.3 Å². The highest BCUT2D eigenvalue weighted by atomic mass is 15.3. The first kappa shape index (κ1) is 26.2. The number of likely N-dealkylation sites (tertiary alicyclic amines) is 1. The molecule has 1 aliphatic rings. The molecule has 1 aliphatic heterocycles. The van der Waals surface area contributed by atoms with E-state index in [4.69, 9.17) is 15.7 Å². The maximum Gasteiger partial charge on any atom is 0.226 e. The summed E-state index contributed by atoms with van der Waals surface area (Å²) in [5.41, 5.74) is 13.8. The lowest BCUT2D eigenvalue weighted by molar-refractivity contribution is 0.202. The molecule has 10 heteroatoms. The third-order valence-corrected chi connectivity index (χ3v) is 8.49. The lowest BCUT2D eigenvalue weighted by Crippen LogP contribution is -2.32. The number of pyridine rings is 3. The Labute approximate surface area is 253 Å². The molecule has 0 amide bonds. The van der Waals surface area contributed by atoms with E-state index in [0.717, 1.165) is 77.3 Å². The fourth-order valence-corrected chi connectivity index (χ4v) is 6.13. The van der Waals surface area contributed by atoms with Crippen molar-refractivity contribution < 1.29 is 0 Å². The molecule has 216 valence electrons. The molecule has 3 N–H and O–H groups in total. The van der Waals surface area contributed by atoms with Gasteiger partial charge in [-0.2, -0.15) is 5.10 Å². The van der Waals surface area contributed by atoms with E-state index in [1.165, 1.54) is 5.56 Å². The maximum absolute atomic E-state index is 6.03. The zero-order valence-electron chi connectivity index (χ0n) is 24.0. The van der Waals surface area contributed by atoms with Crippen LogP contribution in [0.2, 0.25) is 0 Å². The number of aromatic nitrogens is 8. The van der Waals surface area contributed by atoms with Crippen molar-refractivity contribution >= 4 is 22.5 Å². The molecule has 0 aliphatic carbocycles. The molecule has 2 aromatic carbocycles. The van der Waals surface area contributed by atoms with Crippen molar-refractivity contribution in [1.29, 1.82) is 0 Å². The van der Waals surface area contributed by atoms with Crippen LogP contribution >= 0.6 is 0 Å². The van der Waals surface area contributed by atoms with E-state index >= 15 is 0 Å². The largest absolute Gasteiger partial charge is 0.368 e. The Morgan fingerprint density at radius 1 is 0.841 bits per heavy atom. The number of fused-ring (bicyclic) bond motifs is 3. The summed E-state index contributed by atoms with van der Waals surface area (Å²) >= 11 is 0. The average Bonchev–Trinajstić information content (AvgIpc) is 3.73. The van der Waals surface area contributed by atoms with E-state index in [-0.39, 0.29) is 0 Å². The molecular formula is C34H30N10. The van der Waals surface area contributed by atoms with Gasteiger partial charge in [0.2, 0.25) is 5.95 Å². The first-order valence-electron chi connectivity index (χ1n) is 14.8. The third-order valence-electron chi connectivity index (χ3n) is 8.49. The Morgan fingerprint density at radius 2 is 1.66 bits per heavy atom. The van der Waals surface area contributed by atoms with Crippen LogP contribution in [0.5, 0.6) is 0 Å². The maximum atomic E-state index is 6.03. The standard InChI is InChI=1S/C34H30N10/c35-34-42-41-33-27-20-26(23-6-2-1-3-7-23)30(37-28(27)15-19-44(33)34)24-11-9-22(10-12-24)21-43-17-13-25(14-18-43)31-38-32(40-39-31)29-8-4-5-16-36-29/h1-12,15-16,19-20,25H,13-14,17-18,21H2,(H2,35,42)(H,38,39,40). The number of hydrogen-bond acceptors (Lipinski definition) is 8. The lowest BCUT2D eigenvalue weighted by Gasteiger charge is -2.31. The minimum Gasteiger partial charge on any atom is -0.368 e. The number of anilines is 1. The number of nitrogens with one attached hydrogen (secondary N) is 1. The summed E-state index contributed by atoms with van der Waals surface area (Å²) in [6.07, 6.45) is 5.73. The highest BCUT2D eigenvalue weighted by Gasteiger charge is 2.24. The van der Waals surface area contributed by atoms with Crippen molar-refractivity contribution in [2.24, 2.45) is 0 Å². The molecule has 10 nitrogen and oxygen atoms in total. The van der Waals surface area contributed by atoms with Crippen molar-refractivity contribution in [3.8, 4) is 33.9 Å². The Hall–Kier alpha value is -5.48. The van der Waals surface area contributed by atoms with Crippen LogP contribution in [0, 0.1) is 0 Å². The molecule has 8 rings (SSSR count). The molecule has 1 fully saturated rings. The fraction of sp³-hybridized carbons (Fsp3) is 0.176. The third kappa shape index (κ3) is 4.84. The molecule has 0 radical (unpaired) electrons. The number of nitrogens with zero attached hydrogens (tertiary/aromatic N) is 8. The summed E-state index contributed by atoms with van der Waals surface area (Å²) in [4.78, 5) is 16.8. The minimum absolute atomic E-state index is 0.361. The molecule has 44 heavy (non-hydrogen) atoms. The molecule has 0 spiro atoms. The smallest absolute Gasteiger partial charge is 0.226 e. The van der Waals surface area contributed by atoms with Gasteiger partial charge in [-0.05, 0) is 61.3 Å². The van der Waals surface area contributed by atoms with Gasteiger partial charge in [0.15, 0.2) is 11.5 Å². The van der Waals surface area contributed by atoms with Gasteiger partial charge in [0, 0.05) is 41.4 Å². The molecule has 0 unspecified atom stereocenters. The van der Waals surface area contributed by atoms with Gasteiger partial charge >= 0.3 is 0 Å². The van der Waals surface area contributed by atoms with E-state index in [9.17, 15) is 0 Å². The summed E-state index contributed by atoms with van der Waals surface area (Å²) in [5, 5.41) is 16.9. The molecule has 6 heterocycles. The Morgan fingerprint density at radius 3 is 2.45 bits per heavy atom. The highest BCUT2D eigenvalue weighted by Crippen LogP contribution is 2.35. The van der Waals surface area contributed by atoms with Crippen molar-refractivity contribution in [1.82, 2.24) is 44.6 Å². The Balaban J connectivity index is 1.01. The van der Waals surface area contributed by atoms with Crippen LogP contribution in [0.25, 0.3) is 50.5 Å². The number of nitrogen functional groups attached to an aromatic ring is 1. The number of benzene rings is 2. The fourth-order valence-electron chi connectivity index (χ4n) is 6.13. The zero-order valence-corrected chi connectivity index (χ0v) is 24.0. The van der Waals surface area contributed by atoms with E-state index in [0.29, 0.717) is 23.3 Å². The summed E-state index contributed by atoms with van der Waals surface area (Å²) in [6, 6.07) is 29.1. The van der Waals surface area contributed by atoms with Gasteiger partial charge in [-0.25, -0.2) is 9.97 Å². The van der Waals surface area contributed by atoms with E-state index in [2.05, 4.69) is 72.7 Å². The number of hydrogen-bond donors (Lipinski definition) is 2. The Kier molecular flexibility index (Phi) is 6.53. The predicted molar refractivity (Wildman–Crippen MR) is 170 cm³/mol. The molecule has 1 saturated heterocycles. The van der Waals surface area contributed by atoms with E-state index < -0.39 is 0 Å². The summed E-state index contributed by atoms with van der Waals surface area (Å²) < 4.78 is 1.79. The second kappa shape index (κ2) is 11.0. The minimum atomic E-state index is 0.361. The monoisotopic (exact) mass is 578 g/mol. The number of aromatic amines is 1. The van der Waals surface area contributed by atoms with Gasteiger partial charge in [-0.3, -0.25) is 19.4 Å². The highest BCUT2D eigenvalue weighted by molar-refractivity contribution is 5.98. The number of rotatable bonds is 6. The topological polar surface area (TPSA) is 127 Å². The van der Waals surface area contributed by atoms with Crippen molar-refractivity contribution in [2.75, 3.05) is 18.8 Å². The molecule has 0 atom stereocenters. The summed E-state index contributed by atoms with van der Waals surface area (Å²) in [6.45, 7) is 2.93. The normalized spacial score (nSPS) is 14.5. The van der Waals surface area contributed by atoms with Crippen LogP contribution in [-0.2, 0) is 6.54 Å². The first-order chi connectivity index (χ1) is 21.7. The number of nitrogens with two attached hydrogens (primary N) is 1. The first-order valence-corrected chi connectivity index (χ1v) is 14.8. The quantitative estimate of drug-likeness (QED) is 0.255. The van der Waals surface area contributed by atoms with Gasteiger partial charge in [0.05, 0.1) is 11.2 Å². The van der Waals surface area contributed by atoms with Gasteiger partial charge in [-0.1, -0.05) is 60.7 Å². The zero-order chi connectivity index (χ0) is 29.5. The van der Waals surface area contributed by atoms with Gasteiger partial charge in [0.25, 0.3) is 0 Å². The molecule has 0 bridgehead atoms. The number of H-pyrrole nitrogens is 1. The SMILES string of the molecule is Nc1nnc2c3cc(-c4ccccc4)c(-c4ccc(CN5CCC(c6nc(-c7ccccn7)n[nH]6)CC5)cc4)nc3ccn12. The van der Waals surface area contributed by atoms with Crippen molar-refractivity contribution in [3.63, 3.8) is 0 Å². The predicted octanol–water partition coefficient (Wildman–Crippen LogP) is 5.75. The van der Waals surface area contributed by atoms with Crippen LogP contribution in [0.4, 0.5) is 5.95 Å². The van der Waals surface area contributed by atoms with E-state index in [1.807, 2.05) is 48.7 Å². The molecule has 0 saturated carbocycles. The molecule has 5 aromatic heterocycles. The second-order valence-corrected chi connectivity index (χ2v) is 11.3. The van der Waals surface area contributed by atoms with Crippen LogP contribution in [-0.4, -0.2) is 57.7 Å². The van der Waals surface area contributed by atoms with Crippen LogP contribution in [0.1, 0.15) is 30.1 Å². The van der Waals surface area contributed by atoms with Crippen LogP contribution in [0.15, 0.2) is 97.3 Å². The lowest BCUT2D eigenvalue weighted by atomic mass is 9.95. The molecule has 7 aromatic rings. The van der Waals surface area contributed by atoms with Gasteiger partial charge < -0.3 is 5.73 Å². The molecular weight excluding hydrogens is 548 g/mol. The van der Waals surface area contributed by atoms with Crippen molar-refractivity contribution in [3.05, 3.63) is 109 Å². The van der Waals surface area contributed by atoms with Crippen LogP contribution < -0.4 is 5.73 Å². The second-order valence-electron chi connectivity index (χ2n) is 11.3. The van der Waals surface area contributed by atoms with E-state index in [1.54, 1.807) is 10.6 Å². The summed E-state index contributed by atoms with van der Waals surface area (Å²) in [7, 11) is 0. The average molecular weight is 579 g/mol. The van der Waals surface area contributed by atoms with Crippen LogP contribution in [0.3, 0.4) is 0 Å². The number of piperidine rings is 1. The van der Waals surface area contributed by atoms with Gasteiger partial charge in [-0.15, -0.1) is 10.2 Å². The Bertz CT molecular complexity index is 2060. The van der Waals surface area contributed by atoms with Gasteiger partial charge in [0.1, 0.15) is 11.5 Å².